The number of aliphatic hydroxyl groups is 3. The van der Waals surface area contributed by atoms with Gasteiger partial charge in [-0.1, -0.05) is 51.1 Å². The van der Waals surface area contributed by atoms with Crippen LogP contribution in [-0.2, 0) is 6.54 Å². The number of hydrogen-bond donors (Lipinski definition) is 3. The van der Waals surface area contributed by atoms with E-state index in [2.05, 4.69) is 63.1 Å². The summed E-state index contributed by atoms with van der Waals surface area (Å²) in [6.45, 7) is 9.31. The van der Waals surface area contributed by atoms with Gasteiger partial charge in [0.1, 0.15) is 0 Å². The summed E-state index contributed by atoms with van der Waals surface area (Å²) in [5.74, 6) is 2.61. The zero-order valence-electron chi connectivity index (χ0n) is 23.1. The summed E-state index contributed by atoms with van der Waals surface area (Å²) in [7, 11) is 2.22. The summed E-state index contributed by atoms with van der Waals surface area (Å²) >= 11 is 0. The average molecular weight is 498 g/mol. The highest BCUT2D eigenvalue weighted by Crippen LogP contribution is 2.68. The van der Waals surface area contributed by atoms with Gasteiger partial charge in [0.15, 0.2) is 0 Å². The molecule has 4 aliphatic rings. The monoisotopic (exact) mass is 497 g/mol. The first-order valence-electron chi connectivity index (χ1n) is 14.9. The molecular weight excluding hydrogens is 446 g/mol. The predicted molar refractivity (Wildman–Crippen MR) is 145 cm³/mol. The van der Waals surface area contributed by atoms with Crippen molar-refractivity contribution < 1.29 is 15.3 Å². The zero-order valence-corrected chi connectivity index (χ0v) is 23.1. The molecule has 0 saturated heterocycles. The van der Waals surface area contributed by atoms with E-state index in [0.717, 1.165) is 51.6 Å². The molecule has 0 radical (unpaired) electrons. The molecule has 4 fully saturated rings. The van der Waals surface area contributed by atoms with Crippen molar-refractivity contribution in [2.24, 2.45) is 46.3 Å². The van der Waals surface area contributed by atoms with Crippen LogP contribution >= 0.6 is 0 Å². The van der Waals surface area contributed by atoms with Crippen molar-refractivity contribution in [2.45, 2.75) is 103 Å². The van der Waals surface area contributed by atoms with Gasteiger partial charge in [-0.15, -0.1) is 0 Å². The van der Waals surface area contributed by atoms with E-state index in [-0.39, 0.29) is 29.1 Å². The lowest BCUT2D eigenvalue weighted by atomic mass is 9.43. The molecule has 0 heterocycles. The van der Waals surface area contributed by atoms with E-state index in [1.807, 2.05) is 0 Å². The third-order valence-corrected chi connectivity index (χ3v) is 12.0. The second-order valence-electron chi connectivity index (χ2n) is 13.9. The summed E-state index contributed by atoms with van der Waals surface area (Å²) in [6, 6.07) is 10.7. The fourth-order valence-corrected chi connectivity index (χ4v) is 9.99. The van der Waals surface area contributed by atoms with Gasteiger partial charge in [0.2, 0.25) is 0 Å². The third-order valence-electron chi connectivity index (χ3n) is 12.0. The highest BCUT2D eigenvalue weighted by molar-refractivity contribution is 5.15. The van der Waals surface area contributed by atoms with E-state index >= 15 is 0 Å². The van der Waals surface area contributed by atoms with Gasteiger partial charge in [0, 0.05) is 6.54 Å². The van der Waals surface area contributed by atoms with Gasteiger partial charge in [-0.05, 0) is 123 Å². The fraction of sp³-hybridized carbons (Fsp3) is 0.812. The Balaban J connectivity index is 1.24. The summed E-state index contributed by atoms with van der Waals surface area (Å²) in [6.07, 6.45) is 8.37. The minimum absolute atomic E-state index is 0.0884. The van der Waals surface area contributed by atoms with E-state index in [0.29, 0.717) is 35.5 Å². The number of benzene rings is 1. The molecule has 11 atom stereocenters. The molecule has 202 valence electrons. The van der Waals surface area contributed by atoms with Crippen LogP contribution in [0.5, 0.6) is 0 Å². The van der Waals surface area contributed by atoms with Crippen LogP contribution in [0.2, 0.25) is 0 Å². The maximum atomic E-state index is 11.8. The zero-order chi connectivity index (χ0) is 25.7. The first-order chi connectivity index (χ1) is 17.1. The lowest BCUT2D eigenvalue weighted by molar-refractivity contribution is -0.207. The van der Waals surface area contributed by atoms with E-state index < -0.39 is 0 Å². The molecule has 1 aromatic rings. The molecule has 4 saturated carbocycles. The summed E-state index contributed by atoms with van der Waals surface area (Å²) in [5, 5.41) is 33.6. The Morgan fingerprint density at radius 2 is 1.72 bits per heavy atom. The number of aliphatic hydroxyl groups excluding tert-OH is 3. The van der Waals surface area contributed by atoms with Crippen LogP contribution < -0.4 is 0 Å². The van der Waals surface area contributed by atoms with E-state index in [4.69, 9.17) is 0 Å². The van der Waals surface area contributed by atoms with Crippen LogP contribution in [0.3, 0.4) is 0 Å². The number of nitrogens with zero attached hydrogens (tertiary/aromatic N) is 1. The van der Waals surface area contributed by atoms with E-state index in [1.165, 1.54) is 24.8 Å². The molecule has 3 N–H and O–H groups in total. The third kappa shape index (κ3) is 4.59. The summed E-state index contributed by atoms with van der Waals surface area (Å²) in [4.78, 5) is 2.43. The maximum absolute atomic E-state index is 11.8. The quantitative estimate of drug-likeness (QED) is 0.466. The topological polar surface area (TPSA) is 63.9 Å². The van der Waals surface area contributed by atoms with Gasteiger partial charge >= 0.3 is 0 Å². The normalized spacial score (nSPS) is 45.1. The largest absolute Gasteiger partial charge is 0.393 e. The van der Waals surface area contributed by atoms with Crippen LogP contribution in [0.1, 0.15) is 84.1 Å². The van der Waals surface area contributed by atoms with Gasteiger partial charge < -0.3 is 20.2 Å². The molecule has 0 amide bonds. The second kappa shape index (κ2) is 10.3. The van der Waals surface area contributed by atoms with Crippen molar-refractivity contribution in [1.29, 1.82) is 0 Å². The Hall–Kier alpha value is -0.940. The number of fused-ring (bicyclic) bond motifs is 5. The molecule has 5 rings (SSSR count). The van der Waals surface area contributed by atoms with Crippen molar-refractivity contribution in [2.75, 3.05) is 13.6 Å². The SMILES string of the molecule is C[C@H](CCCN(C)Cc1ccccc1)[C@H]1CC[C@H]2[C@@H]3[C@H](O)C[C@@H]4C[C@H](O)CC[C@]4(C)[C@H]3C[C@H](O)[C@]12C. The molecule has 0 aromatic heterocycles. The first kappa shape index (κ1) is 26.7. The molecule has 1 aromatic carbocycles. The molecule has 4 heteroatoms. The van der Waals surface area contributed by atoms with Crippen LogP contribution in [0.4, 0.5) is 0 Å². The molecule has 4 nitrogen and oxygen atoms in total. The lowest BCUT2D eigenvalue weighted by Crippen LogP contribution is -2.62. The Bertz CT molecular complexity index is 877. The van der Waals surface area contributed by atoms with Gasteiger partial charge in [-0.2, -0.15) is 0 Å². The van der Waals surface area contributed by atoms with E-state index in [9.17, 15) is 15.3 Å². The average Bonchev–Trinajstić information content (AvgIpc) is 3.20. The Kier molecular flexibility index (Phi) is 7.64. The Labute approximate surface area is 219 Å². The highest BCUT2D eigenvalue weighted by atomic mass is 16.3. The molecule has 36 heavy (non-hydrogen) atoms. The van der Waals surface area contributed by atoms with Crippen LogP contribution in [0, 0.1) is 46.3 Å². The Morgan fingerprint density at radius 1 is 0.972 bits per heavy atom. The van der Waals surface area contributed by atoms with Crippen molar-refractivity contribution >= 4 is 0 Å². The number of rotatable bonds is 7. The number of hydrogen-bond acceptors (Lipinski definition) is 4. The fourth-order valence-electron chi connectivity index (χ4n) is 9.99. The molecular formula is C32H51NO3. The Morgan fingerprint density at radius 3 is 2.47 bits per heavy atom. The summed E-state index contributed by atoms with van der Waals surface area (Å²) < 4.78 is 0. The van der Waals surface area contributed by atoms with Crippen molar-refractivity contribution in [3.8, 4) is 0 Å². The maximum Gasteiger partial charge on any atom is 0.0602 e. The lowest BCUT2D eigenvalue weighted by Gasteiger charge is -2.63. The molecule has 0 aliphatic heterocycles. The second-order valence-corrected chi connectivity index (χ2v) is 13.9. The van der Waals surface area contributed by atoms with Gasteiger partial charge in [-0.25, -0.2) is 0 Å². The molecule has 4 aliphatic carbocycles. The molecule has 0 unspecified atom stereocenters. The minimum atomic E-state index is -0.283. The van der Waals surface area contributed by atoms with Gasteiger partial charge in [0.25, 0.3) is 0 Å². The van der Waals surface area contributed by atoms with Crippen LogP contribution in [-0.4, -0.2) is 52.1 Å². The van der Waals surface area contributed by atoms with Crippen LogP contribution in [0.15, 0.2) is 30.3 Å². The van der Waals surface area contributed by atoms with Gasteiger partial charge in [-0.3, -0.25) is 0 Å². The van der Waals surface area contributed by atoms with Gasteiger partial charge in [0.05, 0.1) is 18.3 Å². The predicted octanol–water partition coefficient (Wildman–Crippen LogP) is 5.50. The van der Waals surface area contributed by atoms with Crippen LogP contribution in [0.25, 0.3) is 0 Å². The smallest absolute Gasteiger partial charge is 0.0602 e. The minimum Gasteiger partial charge on any atom is -0.393 e. The highest BCUT2D eigenvalue weighted by Gasteiger charge is 2.65. The van der Waals surface area contributed by atoms with Crippen molar-refractivity contribution in [3.63, 3.8) is 0 Å². The molecule has 0 bridgehead atoms. The van der Waals surface area contributed by atoms with Crippen molar-refractivity contribution in [1.82, 2.24) is 4.90 Å². The standard InChI is InChI=1S/C32H51NO3/c1-21(9-8-16-33(4)20-22-10-6-5-7-11-22)25-12-13-26-30-27(19-29(36)32(25,26)3)31(2)15-14-24(34)17-23(31)18-28(30)35/h5-7,10-11,21,23-30,34-36H,8-9,12-20H2,1-4H3/t21-,23+,24-,25-,26+,27+,28-,29+,30+,31+,32-/m1/s1. The van der Waals surface area contributed by atoms with E-state index in [1.54, 1.807) is 0 Å². The first-order valence-corrected chi connectivity index (χ1v) is 14.9. The molecule has 0 spiro atoms. The van der Waals surface area contributed by atoms with Crippen molar-refractivity contribution in [3.05, 3.63) is 35.9 Å². The summed E-state index contributed by atoms with van der Waals surface area (Å²) in [5.41, 5.74) is 1.43.